The Kier molecular flexibility index (Phi) is 4.49. The van der Waals surface area contributed by atoms with E-state index in [1.807, 2.05) is 18.2 Å². The highest BCUT2D eigenvalue weighted by molar-refractivity contribution is 7.99. The average molecular weight is 354 g/mol. The monoisotopic (exact) mass is 353 g/mol. The minimum absolute atomic E-state index is 0.779. The van der Waals surface area contributed by atoms with Crippen molar-refractivity contribution in [2.24, 2.45) is 0 Å². The Balaban J connectivity index is 1.43. The molecule has 0 N–H and O–H groups in total. The summed E-state index contributed by atoms with van der Waals surface area (Å²) < 4.78 is 1.19. The van der Waals surface area contributed by atoms with E-state index in [-0.39, 0.29) is 0 Å². The Labute approximate surface area is 144 Å². The molecule has 0 saturated carbocycles. The van der Waals surface area contributed by atoms with Gasteiger partial charge < -0.3 is 4.90 Å². The molecule has 2 saturated heterocycles. The van der Waals surface area contributed by atoms with Crippen LogP contribution < -0.4 is 4.90 Å². The van der Waals surface area contributed by atoms with E-state index < -0.39 is 0 Å². The summed E-state index contributed by atoms with van der Waals surface area (Å²) in [7, 11) is 0. The van der Waals surface area contributed by atoms with E-state index in [9.17, 15) is 0 Å². The number of piperidine rings is 1. The fourth-order valence-corrected chi connectivity index (χ4v) is 5.61. The molecule has 0 bridgehead atoms. The number of hydrogen-bond acceptors (Lipinski definition) is 5. The highest BCUT2D eigenvalue weighted by atomic mass is 35.5. The number of nitrogens with zero attached hydrogens (tertiary/aromatic N) is 3. The summed E-state index contributed by atoms with van der Waals surface area (Å²) in [6.45, 7) is 4.80. The van der Waals surface area contributed by atoms with Gasteiger partial charge in [-0.25, -0.2) is 4.98 Å². The molecule has 3 nitrogen and oxygen atoms in total. The van der Waals surface area contributed by atoms with Crippen molar-refractivity contribution in [2.75, 3.05) is 42.6 Å². The highest BCUT2D eigenvalue weighted by Gasteiger charge is 2.26. The van der Waals surface area contributed by atoms with Crippen LogP contribution >= 0.6 is 34.7 Å². The van der Waals surface area contributed by atoms with Gasteiger partial charge in [0.25, 0.3) is 0 Å². The molecule has 0 amide bonds. The largest absolute Gasteiger partial charge is 0.348 e. The SMILES string of the molecule is Clc1ccc2nc(N3CCC(N4CCSCC4)CC3)sc2c1. The number of fused-ring (bicyclic) bond motifs is 1. The first-order valence-electron chi connectivity index (χ1n) is 7.92. The maximum Gasteiger partial charge on any atom is 0.186 e. The highest BCUT2D eigenvalue weighted by Crippen LogP contribution is 2.32. The van der Waals surface area contributed by atoms with Gasteiger partial charge in [0.15, 0.2) is 5.13 Å². The lowest BCUT2D eigenvalue weighted by molar-refractivity contribution is 0.186. The zero-order valence-corrected chi connectivity index (χ0v) is 14.9. The van der Waals surface area contributed by atoms with E-state index in [1.165, 1.54) is 42.1 Å². The van der Waals surface area contributed by atoms with E-state index in [4.69, 9.17) is 16.6 Å². The van der Waals surface area contributed by atoms with Gasteiger partial charge in [-0.1, -0.05) is 22.9 Å². The molecule has 2 fully saturated rings. The molecule has 2 aliphatic rings. The van der Waals surface area contributed by atoms with Gasteiger partial charge in [0, 0.05) is 48.7 Å². The standard InChI is InChI=1S/C16H20ClN3S2/c17-12-1-2-14-15(11-12)22-16(18-14)20-5-3-13(4-6-20)19-7-9-21-10-8-19/h1-2,11,13H,3-10H2. The first-order chi connectivity index (χ1) is 10.8. The topological polar surface area (TPSA) is 19.4 Å². The Bertz CT molecular complexity index is 646. The van der Waals surface area contributed by atoms with Crippen LogP contribution in [0.25, 0.3) is 10.2 Å². The minimum Gasteiger partial charge on any atom is -0.348 e. The van der Waals surface area contributed by atoms with Gasteiger partial charge in [-0.3, -0.25) is 4.90 Å². The second kappa shape index (κ2) is 6.56. The van der Waals surface area contributed by atoms with Crippen molar-refractivity contribution in [1.29, 1.82) is 0 Å². The molecule has 118 valence electrons. The van der Waals surface area contributed by atoms with E-state index >= 15 is 0 Å². The first kappa shape index (κ1) is 15.1. The summed E-state index contributed by atoms with van der Waals surface area (Å²) in [6.07, 6.45) is 2.53. The lowest BCUT2D eigenvalue weighted by Crippen LogP contribution is -2.47. The molecule has 0 spiro atoms. The van der Waals surface area contributed by atoms with E-state index in [2.05, 4.69) is 21.6 Å². The van der Waals surface area contributed by atoms with Crippen LogP contribution in [-0.4, -0.2) is 53.6 Å². The minimum atomic E-state index is 0.779. The molecule has 0 unspecified atom stereocenters. The Morgan fingerprint density at radius 1 is 1.09 bits per heavy atom. The summed E-state index contributed by atoms with van der Waals surface area (Å²) in [4.78, 5) is 9.94. The Hall–Kier alpha value is -0.490. The van der Waals surface area contributed by atoms with Crippen LogP contribution in [0, 0.1) is 0 Å². The molecule has 1 aromatic carbocycles. The molecule has 0 aliphatic carbocycles. The summed E-state index contributed by atoms with van der Waals surface area (Å²) in [5.41, 5.74) is 1.07. The van der Waals surface area contributed by atoms with E-state index in [1.54, 1.807) is 11.3 Å². The number of benzene rings is 1. The first-order valence-corrected chi connectivity index (χ1v) is 10.3. The molecular weight excluding hydrogens is 334 g/mol. The van der Waals surface area contributed by atoms with Crippen LogP contribution in [0.1, 0.15) is 12.8 Å². The van der Waals surface area contributed by atoms with Crippen molar-refractivity contribution in [3.05, 3.63) is 23.2 Å². The van der Waals surface area contributed by atoms with Gasteiger partial charge in [-0.05, 0) is 31.0 Å². The lowest BCUT2D eigenvalue weighted by Gasteiger charge is -2.40. The normalized spacial score (nSPS) is 21.6. The molecule has 22 heavy (non-hydrogen) atoms. The van der Waals surface area contributed by atoms with Gasteiger partial charge in [0.2, 0.25) is 0 Å². The zero-order valence-electron chi connectivity index (χ0n) is 12.5. The number of hydrogen-bond donors (Lipinski definition) is 0. The van der Waals surface area contributed by atoms with Crippen LogP contribution in [0.3, 0.4) is 0 Å². The fourth-order valence-electron chi connectivity index (χ4n) is 3.39. The van der Waals surface area contributed by atoms with Gasteiger partial charge >= 0.3 is 0 Å². The molecule has 1 aromatic heterocycles. The Morgan fingerprint density at radius 2 is 1.86 bits per heavy atom. The van der Waals surface area contributed by atoms with Gasteiger partial charge in [-0.2, -0.15) is 11.8 Å². The summed E-state index contributed by atoms with van der Waals surface area (Å²) >= 11 is 9.94. The smallest absolute Gasteiger partial charge is 0.186 e. The van der Waals surface area contributed by atoms with Crippen LogP contribution in [0.15, 0.2) is 18.2 Å². The van der Waals surface area contributed by atoms with Crippen molar-refractivity contribution in [1.82, 2.24) is 9.88 Å². The van der Waals surface area contributed by atoms with Crippen molar-refractivity contribution < 1.29 is 0 Å². The van der Waals surface area contributed by atoms with Crippen molar-refractivity contribution in [3.63, 3.8) is 0 Å². The summed E-state index contributed by atoms with van der Waals surface area (Å²) in [5.74, 6) is 2.61. The predicted molar refractivity (Wildman–Crippen MR) is 98.8 cm³/mol. The van der Waals surface area contributed by atoms with Crippen molar-refractivity contribution in [2.45, 2.75) is 18.9 Å². The maximum absolute atomic E-state index is 6.08. The number of anilines is 1. The third-order valence-corrected chi connectivity index (χ3v) is 6.89. The van der Waals surface area contributed by atoms with Crippen molar-refractivity contribution >= 4 is 50.0 Å². The molecule has 4 rings (SSSR count). The lowest BCUT2D eigenvalue weighted by atomic mass is 10.0. The van der Waals surface area contributed by atoms with Crippen molar-refractivity contribution in [3.8, 4) is 0 Å². The van der Waals surface area contributed by atoms with Gasteiger partial charge in [0.05, 0.1) is 10.2 Å². The predicted octanol–water partition coefficient (Wildman–Crippen LogP) is 3.97. The number of aromatic nitrogens is 1. The number of rotatable bonds is 2. The van der Waals surface area contributed by atoms with E-state index in [0.717, 1.165) is 34.8 Å². The summed E-state index contributed by atoms with van der Waals surface area (Å²) in [5, 5.41) is 1.95. The zero-order chi connectivity index (χ0) is 14.9. The third kappa shape index (κ3) is 3.09. The second-order valence-corrected chi connectivity index (χ2v) is 8.65. The molecule has 0 atom stereocenters. The summed E-state index contributed by atoms with van der Waals surface area (Å²) in [6, 6.07) is 6.75. The quantitative estimate of drug-likeness (QED) is 0.813. The molecule has 6 heteroatoms. The van der Waals surface area contributed by atoms with E-state index in [0.29, 0.717) is 0 Å². The van der Waals surface area contributed by atoms with Gasteiger partial charge in [0.1, 0.15) is 0 Å². The fraction of sp³-hybridized carbons (Fsp3) is 0.562. The average Bonchev–Trinajstić information content (AvgIpc) is 2.99. The maximum atomic E-state index is 6.08. The molecule has 2 aliphatic heterocycles. The Morgan fingerprint density at radius 3 is 2.64 bits per heavy atom. The number of thiazole rings is 1. The third-order valence-electron chi connectivity index (χ3n) is 4.64. The molecular formula is C16H20ClN3S2. The number of thioether (sulfide) groups is 1. The second-order valence-electron chi connectivity index (χ2n) is 5.98. The van der Waals surface area contributed by atoms with Crippen LogP contribution in [0.4, 0.5) is 5.13 Å². The molecule has 2 aromatic rings. The molecule has 3 heterocycles. The van der Waals surface area contributed by atoms with Gasteiger partial charge in [-0.15, -0.1) is 0 Å². The molecule has 0 radical (unpaired) electrons. The van der Waals surface area contributed by atoms with Crippen LogP contribution in [-0.2, 0) is 0 Å². The van der Waals surface area contributed by atoms with Crippen LogP contribution in [0.2, 0.25) is 5.02 Å². The number of halogens is 1. The van der Waals surface area contributed by atoms with Crippen LogP contribution in [0.5, 0.6) is 0 Å².